The lowest BCUT2D eigenvalue weighted by atomic mass is 10.1. The Morgan fingerprint density at radius 1 is 1.10 bits per heavy atom. The maximum atomic E-state index is 13.4. The predicted octanol–water partition coefficient (Wildman–Crippen LogP) is 2.92. The van der Waals surface area contributed by atoms with E-state index in [2.05, 4.69) is 5.32 Å². The Labute approximate surface area is 114 Å². The van der Waals surface area contributed by atoms with Crippen LogP contribution in [0.5, 0.6) is 0 Å². The van der Waals surface area contributed by atoms with E-state index in [0.29, 0.717) is 17.9 Å². The van der Waals surface area contributed by atoms with Crippen LogP contribution in [0.3, 0.4) is 0 Å². The van der Waals surface area contributed by atoms with Gasteiger partial charge in [0.15, 0.2) is 11.6 Å². The highest BCUT2D eigenvalue weighted by molar-refractivity contribution is 6.02. The summed E-state index contributed by atoms with van der Waals surface area (Å²) in [4.78, 5) is 13.5. The smallest absolute Gasteiger partial charge is 0.246 e. The molecule has 1 aliphatic rings. The zero-order chi connectivity index (χ0) is 14.1. The standard InChI is InChI=1S/C15H12F2N2O/c16-11-6-13-14(7-12(11)17)19(15(20)8-18-13)9-10-4-2-1-3-5-10/h1-7,18H,8-9H2. The highest BCUT2D eigenvalue weighted by Gasteiger charge is 2.25. The van der Waals surface area contributed by atoms with Crippen molar-refractivity contribution in [2.75, 3.05) is 16.8 Å². The molecule has 20 heavy (non-hydrogen) atoms. The number of nitrogens with one attached hydrogen (secondary N) is 1. The molecule has 2 aromatic carbocycles. The summed E-state index contributed by atoms with van der Waals surface area (Å²) in [7, 11) is 0. The number of rotatable bonds is 2. The maximum absolute atomic E-state index is 13.4. The van der Waals surface area contributed by atoms with Crippen molar-refractivity contribution in [3.63, 3.8) is 0 Å². The average Bonchev–Trinajstić information content (AvgIpc) is 2.45. The van der Waals surface area contributed by atoms with Crippen LogP contribution in [-0.2, 0) is 11.3 Å². The third kappa shape index (κ3) is 2.22. The van der Waals surface area contributed by atoms with Crippen molar-refractivity contribution in [2.45, 2.75) is 6.54 Å². The zero-order valence-corrected chi connectivity index (χ0v) is 10.6. The van der Waals surface area contributed by atoms with E-state index >= 15 is 0 Å². The normalized spacial score (nSPS) is 13.9. The number of carbonyl (C=O) groups excluding carboxylic acids is 1. The molecular formula is C15H12F2N2O. The first-order valence-electron chi connectivity index (χ1n) is 6.22. The minimum atomic E-state index is -0.960. The van der Waals surface area contributed by atoms with Crippen LogP contribution in [0.1, 0.15) is 5.56 Å². The fourth-order valence-electron chi connectivity index (χ4n) is 2.24. The Balaban J connectivity index is 1.99. The summed E-state index contributed by atoms with van der Waals surface area (Å²) in [6, 6.07) is 11.5. The Morgan fingerprint density at radius 3 is 2.55 bits per heavy atom. The second-order valence-corrected chi connectivity index (χ2v) is 4.60. The molecule has 1 amide bonds. The van der Waals surface area contributed by atoms with Gasteiger partial charge in [-0.3, -0.25) is 4.79 Å². The molecule has 0 aromatic heterocycles. The van der Waals surface area contributed by atoms with Gasteiger partial charge in [0, 0.05) is 12.1 Å². The average molecular weight is 274 g/mol. The summed E-state index contributed by atoms with van der Waals surface area (Å²) in [5.74, 6) is -2.06. The summed E-state index contributed by atoms with van der Waals surface area (Å²) in [5.41, 5.74) is 1.72. The van der Waals surface area contributed by atoms with Crippen molar-refractivity contribution in [1.29, 1.82) is 0 Å². The summed E-state index contributed by atoms with van der Waals surface area (Å²) in [5, 5.41) is 2.80. The van der Waals surface area contributed by atoms with Gasteiger partial charge in [-0.05, 0) is 5.56 Å². The summed E-state index contributed by atoms with van der Waals surface area (Å²) in [6.07, 6.45) is 0. The first-order valence-corrected chi connectivity index (χ1v) is 6.22. The lowest BCUT2D eigenvalue weighted by molar-refractivity contribution is -0.117. The Kier molecular flexibility index (Phi) is 3.10. The van der Waals surface area contributed by atoms with E-state index in [-0.39, 0.29) is 12.5 Å². The molecule has 2 aromatic rings. The molecule has 1 heterocycles. The van der Waals surface area contributed by atoms with Gasteiger partial charge in [0.25, 0.3) is 0 Å². The second-order valence-electron chi connectivity index (χ2n) is 4.60. The van der Waals surface area contributed by atoms with Crippen LogP contribution >= 0.6 is 0 Å². The number of carbonyl (C=O) groups is 1. The fourth-order valence-corrected chi connectivity index (χ4v) is 2.24. The minimum Gasteiger partial charge on any atom is -0.374 e. The van der Waals surface area contributed by atoms with Gasteiger partial charge >= 0.3 is 0 Å². The van der Waals surface area contributed by atoms with Crippen molar-refractivity contribution < 1.29 is 13.6 Å². The van der Waals surface area contributed by atoms with Crippen molar-refractivity contribution >= 4 is 17.3 Å². The topological polar surface area (TPSA) is 32.3 Å². The zero-order valence-electron chi connectivity index (χ0n) is 10.6. The Bertz CT molecular complexity index is 658. The molecular weight excluding hydrogens is 262 g/mol. The first-order chi connectivity index (χ1) is 9.65. The molecule has 1 N–H and O–H groups in total. The molecule has 0 spiro atoms. The highest BCUT2D eigenvalue weighted by atomic mass is 19.2. The van der Waals surface area contributed by atoms with Crippen molar-refractivity contribution in [2.24, 2.45) is 0 Å². The van der Waals surface area contributed by atoms with Gasteiger partial charge in [-0.2, -0.15) is 0 Å². The lowest BCUT2D eigenvalue weighted by Crippen LogP contribution is -2.39. The third-order valence-electron chi connectivity index (χ3n) is 3.24. The molecule has 0 bridgehead atoms. The van der Waals surface area contributed by atoms with Crippen LogP contribution in [0.4, 0.5) is 20.2 Å². The van der Waals surface area contributed by atoms with Gasteiger partial charge in [-0.25, -0.2) is 8.78 Å². The van der Waals surface area contributed by atoms with Crippen LogP contribution < -0.4 is 10.2 Å². The van der Waals surface area contributed by atoms with E-state index in [1.165, 1.54) is 4.90 Å². The van der Waals surface area contributed by atoms with Crippen LogP contribution in [0, 0.1) is 11.6 Å². The molecule has 1 aliphatic heterocycles. The maximum Gasteiger partial charge on any atom is 0.246 e. The monoisotopic (exact) mass is 274 g/mol. The number of halogens is 2. The molecule has 0 saturated heterocycles. The van der Waals surface area contributed by atoms with Crippen LogP contribution in [0.15, 0.2) is 42.5 Å². The molecule has 102 valence electrons. The summed E-state index contributed by atoms with van der Waals surface area (Å²) in [6.45, 7) is 0.407. The Hall–Kier alpha value is -2.43. The molecule has 0 unspecified atom stereocenters. The van der Waals surface area contributed by atoms with Crippen LogP contribution in [0.25, 0.3) is 0 Å². The van der Waals surface area contributed by atoms with E-state index in [0.717, 1.165) is 17.7 Å². The third-order valence-corrected chi connectivity index (χ3v) is 3.24. The molecule has 0 fully saturated rings. The van der Waals surface area contributed by atoms with Gasteiger partial charge in [0.05, 0.1) is 24.5 Å². The number of benzene rings is 2. The summed E-state index contributed by atoms with van der Waals surface area (Å²) < 4.78 is 26.6. The van der Waals surface area contributed by atoms with Gasteiger partial charge in [0.2, 0.25) is 5.91 Å². The van der Waals surface area contributed by atoms with E-state index in [1.807, 2.05) is 30.3 Å². The number of amides is 1. The molecule has 3 nitrogen and oxygen atoms in total. The minimum absolute atomic E-state index is 0.0743. The van der Waals surface area contributed by atoms with Crippen LogP contribution in [0.2, 0.25) is 0 Å². The van der Waals surface area contributed by atoms with Gasteiger partial charge in [-0.15, -0.1) is 0 Å². The van der Waals surface area contributed by atoms with E-state index in [1.54, 1.807) is 0 Å². The Morgan fingerprint density at radius 2 is 1.80 bits per heavy atom. The van der Waals surface area contributed by atoms with Crippen molar-refractivity contribution in [1.82, 2.24) is 0 Å². The van der Waals surface area contributed by atoms with Crippen molar-refractivity contribution in [3.05, 3.63) is 59.7 Å². The first kappa shape index (κ1) is 12.6. The molecule has 0 radical (unpaired) electrons. The van der Waals surface area contributed by atoms with Gasteiger partial charge in [-0.1, -0.05) is 30.3 Å². The molecule has 0 saturated carbocycles. The molecule has 5 heteroatoms. The quantitative estimate of drug-likeness (QED) is 0.913. The number of fused-ring (bicyclic) bond motifs is 1. The fraction of sp³-hybridized carbons (Fsp3) is 0.133. The molecule has 0 atom stereocenters. The largest absolute Gasteiger partial charge is 0.374 e. The van der Waals surface area contributed by atoms with E-state index in [9.17, 15) is 13.6 Å². The van der Waals surface area contributed by atoms with Gasteiger partial charge < -0.3 is 10.2 Å². The van der Waals surface area contributed by atoms with Crippen LogP contribution in [-0.4, -0.2) is 12.5 Å². The summed E-state index contributed by atoms with van der Waals surface area (Å²) >= 11 is 0. The lowest BCUT2D eigenvalue weighted by Gasteiger charge is -2.30. The SMILES string of the molecule is O=C1CNc2cc(F)c(F)cc2N1Cc1ccccc1. The number of nitrogens with zero attached hydrogens (tertiary/aromatic N) is 1. The molecule has 3 rings (SSSR count). The molecule has 0 aliphatic carbocycles. The number of hydrogen-bond acceptors (Lipinski definition) is 2. The van der Waals surface area contributed by atoms with Gasteiger partial charge in [0.1, 0.15) is 0 Å². The van der Waals surface area contributed by atoms with E-state index in [4.69, 9.17) is 0 Å². The van der Waals surface area contributed by atoms with Crippen molar-refractivity contribution in [3.8, 4) is 0 Å². The number of anilines is 2. The van der Waals surface area contributed by atoms with E-state index < -0.39 is 11.6 Å². The highest BCUT2D eigenvalue weighted by Crippen LogP contribution is 2.32. The predicted molar refractivity (Wildman–Crippen MR) is 72.5 cm³/mol. The number of hydrogen-bond donors (Lipinski definition) is 1. The second kappa shape index (κ2) is 4.92.